The van der Waals surface area contributed by atoms with Gasteiger partial charge in [-0.25, -0.2) is 0 Å². The number of hydrogen-bond acceptors (Lipinski definition) is 2. The highest BCUT2D eigenvalue weighted by atomic mass is 16.4. The Balaban J connectivity index is 2.34. The topological polar surface area (TPSA) is 61.1 Å². The zero-order valence-corrected chi connectivity index (χ0v) is 11.2. The summed E-state index contributed by atoms with van der Waals surface area (Å²) in [5, 5.41) is 18.4. The molecular formula is C17H15NO2. The average molecular weight is 265 g/mol. The Morgan fingerprint density at radius 2 is 2.00 bits per heavy atom. The van der Waals surface area contributed by atoms with Crippen molar-refractivity contribution >= 4 is 5.97 Å². The summed E-state index contributed by atoms with van der Waals surface area (Å²) in [6, 6.07) is 16.7. The molecule has 0 aliphatic carbocycles. The molecule has 0 aliphatic heterocycles. The minimum atomic E-state index is -0.846. The van der Waals surface area contributed by atoms with Crippen LogP contribution in [0.25, 0.3) is 0 Å². The molecule has 100 valence electrons. The van der Waals surface area contributed by atoms with Gasteiger partial charge in [-0.3, -0.25) is 4.79 Å². The molecule has 3 nitrogen and oxygen atoms in total. The third kappa shape index (κ3) is 3.04. The Bertz CT molecular complexity index is 671. The minimum absolute atomic E-state index is 0.385. The van der Waals surface area contributed by atoms with Crippen LogP contribution in [0.3, 0.4) is 0 Å². The molecule has 0 saturated heterocycles. The van der Waals surface area contributed by atoms with E-state index >= 15 is 0 Å². The zero-order valence-electron chi connectivity index (χ0n) is 11.2. The molecule has 1 N–H and O–H groups in total. The van der Waals surface area contributed by atoms with Crippen molar-refractivity contribution in [3.05, 3.63) is 70.8 Å². The van der Waals surface area contributed by atoms with Crippen LogP contribution in [-0.4, -0.2) is 11.1 Å². The lowest BCUT2D eigenvalue weighted by Crippen LogP contribution is -2.15. The van der Waals surface area contributed by atoms with Gasteiger partial charge in [0.2, 0.25) is 0 Å². The first-order valence-electron chi connectivity index (χ1n) is 6.39. The minimum Gasteiger partial charge on any atom is -0.481 e. The van der Waals surface area contributed by atoms with E-state index in [0.29, 0.717) is 12.0 Å². The number of aliphatic carboxylic acids is 1. The first-order valence-corrected chi connectivity index (χ1v) is 6.39. The second-order valence-corrected chi connectivity index (χ2v) is 4.76. The number of carbonyl (C=O) groups is 1. The van der Waals surface area contributed by atoms with E-state index in [9.17, 15) is 9.90 Å². The number of rotatable bonds is 4. The van der Waals surface area contributed by atoms with Crippen LogP contribution in [0.5, 0.6) is 0 Å². The van der Waals surface area contributed by atoms with E-state index in [1.165, 1.54) is 0 Å². The fourth-order valence-electron chi connectivity index (χ4n) is 2.31. The Morgan fingerprint density at radius 3 is 2.65 bits per heavy atom. The van der Waals surface area contributed by atoms with Crippen LogP contribution in [0.1, 0.15) is 28.2 Å². The van der Waals surface area contributed by atoms with Gasteiger partial charge < -0.3 is 5.11 Å². The Morgan fingerprint density at radius 1 is 1.25 bits per heavy atom. The van der Waals surface area contributed by atoms with Crippen molar-refractivity contribution in [3.63, 3.8) is 0 Å². The molecule has 0 aliphatic rings. The third-order valence-corrected chi connectivity index (χ3v) is 3.36. The maximum absolute atomic E-state index is 11.5. The number of aryl methyl sites for hydroxylation is 1. The second kappa shape index (κ2) is 6.03. The fraction of sp³-hybridized carbons (Fsp3) is 0.176. The van der Waals surface area contributed by atoms with Crippen molar-refractivity contribution in [2.45, 2.75) is 19.3 Å². The molecule has 0 heterocycles. The van der Waals surface area contributed by atoms with Crippen LogP contribution in [0.2, 0.25) is 0 Å². The molecule has 0 bridgehead atoms. The highest BCUT2D eigenvalue weighted by Gasteiger charge is 2.21. The number of hydrogen-bond donors (Lipinski definition) is 1. The van der Waals surface area contributed by atoms with Crippen LogP contribution in [0.4, 0.5) is 0 Å². The Kier molecular flexibility index (Phi) is 4.17. The highest BCUT2D eigenvalue weighted by Crippen LogP contribution is 2.24. The van der Waals surface area contributed by atoms with Crippen molar-refractivity contribution in [2.24, 2.45) is 0 Å². The van der Waals surface area contributed by atoms with E-state index in [0.717, 1.165) is 16.7 Å². The summed E-state index contributed by atoms with van der Waals surface area (Å²) in [6.45, 7) is 1.91. The summed E-state index contributed by atoms with van der Waals surface area (Å²) in [6.07, 6.45) is 0.385. The number of carboxylic acids is 1. The molecule has 3 heteroatoms. The first kappa shape index (κ1) is 13.8. The molecule has 2 aromatic rings. The number of carboxylic acid groups (broad SMARTS) is 1. The predicted octanol–water partition coefficient (Wildman–Crippen LogP) is 3.28. The van der Waals surface area contributed by atoms with Crippen molar-refractivity contribution in [3.8, 4) is 6.07 Å². The fourth-order valence-corrected chi connectivity index (χ4v) is 2.31. The van der Waals surface area contributed by atoms with E-state index in [1.54, 1.807) is 18.2 Å². The van der Waals surface area contributed by atoms with Crippen LogP contribution >= 0.6 is 0 Å². The van der Waals surface area contributed by atoms with Gasteiger partial charge in [-0.2, -0.15) is 5.26 Å². The highest BCUT2D eigenvalue weighted by molar-refractivity contribution is 5.77. The summed E-state index contributed by atoms with van der Waals surface area (Å²) in [4.78, 5) is 11.5. The molecule has 0 fully saturated rings. The molecule has 0 spiro atoms. The lowest BCUT2D eigenvalue weighted by molar-refractivity contribution is -0.138. The lowest BCUT2D eigenvalue weighted by Gasteiger charge is -2.15. The van der Waals surface area contributed by atoms with E-state index in [2.05, 4.69) is 6.07 Å². The van der Waals surface area contributed by atoms with Gasteiger partial charge >= 0.3 is 5.97 Å². The number of nitrogens with zero attached hydrogens (tertiary/aromatic N) is 1. The van der Waals surface area contributed by atoms with Gasteiger partial charge in [0.1, 0.15) is 0 Å². The van der Waals surface area contributed by atoms with Gasteiger partial charge in [0, 0.05) is 0 Å². The molecule has 0 amide bonds. The van der Waals surface area contributed by atoms with Gasteiger partial charge in [-0.1, -0.05) is 36.4 Å². The lowest BCUT2D eigenvalue weighted by atomic mass is 9.89. The first-order chi connectivity index (χ1) is 9.61. The molecular weight excluding hydrogens is 250 g/mol. The second-order valence-electron chi connectivity index (χ2n) is 4.76. The van der Waals surface area contributed by atoms with Gasteiger partial charge in [0.15, 0.2) is 0 Å². The van der Waals surface area contributed by atoms with Crippen LogP contribution in [0.15, 0.2) is 48.5 Å². The largest absolute Gasteiger partial charge is 0.481 e. The Hall–Kier alpha value is -2.60. The number of benzene rings is 2. The standard InChI is InChI=1S/C17H15NO2/c1-12-5-2-3-8-15(12)16(17(19)20)10-13-6-4-7-14(9-13)11-18/h2-9,16H,10H2,1H3,(H,19,20). The van der Waals surface area contributed by atoms with Crippen LogP contribution in [0, 0.1) is 18.3 Å². The smallest absolute Gasteiger partial charge is 0.311 e. The van der Waals surface area contributed by atoms with Gasteiger partial charge in [0.05, 0.1) is 17.6 Å². The van der Waals surface area contributed by atoms with E-state index in [1.807, 2.05) is 37.3 Å². The van der Waals surface area contributed by atoms with Crippen molar-refractivity contribution in [1.29, 1.82) is 5.26 Å². The van der Waals surface area contributed by atoms with Gasteiger partial charge in [-0.15, -0.1) is 0 Å². The summed E-state index contributed by atoms with van der Waals surface area (Å²) in [7, 11) is 0. The van der Waals surface area contributed by atoms with Gasteiger partial charge in [-0.05, 0) is 42.2 Å². The maximum Gasteiger partial charge on any atom is 0.311 e. The SMILES string of the molecule is Cc1ccccc1C(Cc1cccc(C#N)c1)C(=O)O. The molecule has 20 heavy (non-hydrogen) atoms. The Labute approximate surface area is 118 Å². The normalized spacial score (nSPS) is 11.6. The molecule has 0 aromatic heterocycles. The summed E-state index contributed by atoms with van der Waals surface area (Å²) < 4.78 is 0. The summed E-state index contributed by atoms with van der Waals surface area (Å²) in [5.74, 6) is -1.44. The average Bonchev–Trinajstić information content (AvgIpc) is 2.45. The van der Waals surface area contributed by atoms with E-state index in [-0.39, 0.29) is 0 Å². The maximum atomic E-state index is 11.5. The molecule has 0 radical (unpaired) electrons. The predicted molar refractivity (Wildman–Crippen MR) is 76.4 cm³/mol. The molecule has 1 unspecified atom stereocenters. The van der Waals surface area contributed by atoms with Crippen molar-refractivity contribution in [2.75, 3.05) is 0 Å². The molecule has 2 rings (SSSR count). The quantitative estimate of drug-likeness (QED) is 0.922. The van der Waals surface area contributed by atoms with E-state index in [4.69, 9.17) is 5.26 Å². The van der Waals surface area contributed by atoms with Crippen molar-refractivity contribution in [1.82, 2.24) is 0 Å². The zero-order chi connectivity index (χ0) is 14.5. The monoisotopic (exact) mass is 265 g/mol. The third-order valence-electron chi connectivity index (χ3n) is 3.36. The van der Waals surface area contributed by atoms with Gasteiger partial charge in [0.25, 0.3) is 0 Å². The van der Waals surface area contributed by atoms with Crippen LogP contribution < -0.4 is 0 Å². The van der Waals surface area contributed by atoms with E-state index < -0.39 is 11.9 Å². The summed E-state index contributed by atoms with van der Waals surface area (Å²) in [5.41, 5.74) is 3.20. The number of nitriles is 1. The van der Waals surface area contributed by atoms with Crippen LogP contribution in [-0.2, 0) is 11.2 Å². The molecule has 2 aromatic carbocycles. The summed E-state index contributed by atoms with van der Waals surface area (Å²) >= 11 is 0. The molecule has 0 saturated carbocycles. The molecule has 1 atom stereocenters. The van der Waals surface area contributed by atoms with Crippen molar-refractivity contribution < 1.29 is 9.90 Å².